The Morgan fingerprint density at radius 2 is 2.07 bits per heavy atom. The molecule has 15 heavy (non-hydrogen) atoms. The number of methoxy groups -OCH3 is 1. The summed E-state index contributed by atoms with van der Waals surface area (Å²) >= 11 is 0. The van der Waals surface area contributed by atoms with Crippen LogP contribution in [-0.4, -0.2) is 17.3 Å². The highest BCUT2D eigenvalue weighted by atomic mass is 35.5. The van der Waals surface area contributed by atoms with Crippen molar-refractivity contribution in [1.82, 2.24) is 10.1 Å². The highest BCUT2D eigenvalue weighted by molar-refractivity contribution is 5.85. The quantitative estimate of drug-likeness (QED) is 0.846. The molecule has 0 saturated heterocycles. The minimum atomic E-state index is 0. The lowest BCUT2D eigenvalue weighted by atomic mass is 10.2. The van der Waals surface area contributed by atoms with Crippen molar-refractivity contribution in [3.8, 4) is 17.2 Å². The maximum Gasteiger partial charge on any atom is 0.263 e. The van der Waals surface area contributed by atoms with E-state index >= 15 is 0 Å². The van der Waals surface area contributed by atoms with Crippen LogP contribution in [0.1, 0.15) is 0 Å². The van der Waals surface area contributed by atoms with Crippen LogP contribution in [-0.2, 0) is 0 Å². The molecule has 0 spiro atoms. The average molecular weight is 228 g/mol. The van der Waals surface area contributed by atoms with E-state index in [0.717, 1.165) is 5.56 Å². The zero-order valence-electron chi connectivity index (χ0n) is 8.01. The molecule has 0 aliphatic heterocycles. The average Bonchev–Trinajstić information content (AvgIpc) is 2.65. The first-order valence-corrected chi connectivity index (χ1v) is 4.04. The van der Waals surface area contributed by atoms with Gasteiger partial charge in [-0.25, -0.2) is 0 Å². The summed E-state index contributed by atoms with van der Waals surface area (Å²) in [6.07, 6.45) is 0. The van der Waals surface area contributed by atoms with Crippen molar-refractivity contribution in [1.29, 1.82) is 0 Å². The summed E-state index contributed by atoms with van der Waals surface area (Å²) in [6, 6.07) is 7.36. The molecule has 0 unspecified atom stereocenters. The van der Waals surface area contributed by atoms with E-state index in [-0.39, 0.29) is 18.4 Å². The van der Waals surface area contributed by atoms with Crippen LogP contribution >= 0.6 is 12.4 Å². The molecule has 0 aliphatic carbocycles. The molecule has 0 atom stereocenters. The molecule has 6 heteroatoms. The van der Waals surface area contributed by atoms with Gasteiger partial charge in [0, 0.05) is 0 Å². The summed E-state index contributed by atoms with van der Waals surface area (Å²) in [5.41, 5.74) is 6.09. The molecule has 80 valence electrons. The number of ether oxygens (including phenoxy) is 1. The van der Waals surface area contributed by atoms with Gasteiger partial charge in [0.15, 0.2) is 0 Å². The van der Waals surface area contributed by atoms with Gasteiger partial charge in [-0.3, -0.25) is 0 Å². The number of anilines is 1. The number of nitrogens with two attached hydrogens (primary N) is 1. The first-order valence-electron chi connectivity index (χ1n) is 4.04. The van der Waals surface area contributed by atoms with E-state index in [4.69, 9.17) is 15.0 Å². The molecule has 0 saturated carbocycles. The van der Waals surface area contributed by atoms with Crippen molar-refractivity contribution in [3.63, 3.8) is 0 Å². The number of benzene rings is 1. The van der Waals surface area contributed by atoms with Crippen LogP contribution in [0.25, 0.3) is 11.5 Å². The second kappa shape index (κ2) is 4.65. The summed E-state index contributed by atoms with van der Waals surface area (Å²) in [5, 5.41) is 3.50. The number of halogens is 1. The van der Waals surface area contributed by atoms with E-state index in [1.165, 1.54) is 0 Å². The van der Waals surface area contributed by atoms with Gasteiger partial charge in [0.25, 0.3) is 11.8 Å². The number of hydrogen-bond donors (Lipinski definition) is 1. The van der Waals surface area contributed by atoms with Crippen molar-refractivity contribution in [3.05, 3.63) is 24.3 Å². The van der Waals surface area contributed by atoms with Crippen molar-refractivity contribution in [2.45, 2.75) is 0 Å². The second-order valence-corrected chi connectivity index (χ2v) is 2.66. The van der Waals surface area contributed by atoms with Gasteiger partial charge in [0.05, 0.1) is 12.7 Å². The largest absolute Gasteiger partial charge is 0.496 e. The third-order valence-electron chi connectivity index (χ3n) is 1.78. The molecule has 1 heterocycles. The maximum atomic E-state index is 5.35. The number of rotatable bonds is 2. The van der Waals surface area contributed by atoms with Gasteiger partial charge in [-0.2, -0.15) is 4.98 Å². The van der Waals surface area contributed by atoms with Crippen LogP contribution in [0.2, 0.25) is 0 Å². The summed E-state index contributed by atoms with van der Waals surface area (Å²) in [5.74, 6) is 1.15. The zero-order chi connectivity index (χ0) is 9.97. The van der Waals surface area contributed by atoms with Crippen molar-refractivity contribution >= 4 is 18.4 Å². The summed E-state index contributed by atoms with van der Waals surface area (Å²) < 4.78 is 10.1. The molecule has 2 aromatic rings. The fourth-order valence-corrected chi connectivity index (χ4v) is 1.17. The molecule has 1 aromatic heterocycles. The van der Waals surface area contributed by atoms with Crippen molar-refractivity contribution < 1.29 is 9.26 Å². The Balaban J connectivity index is 0.00000112. The fourth-order valence-electron chi connectivity index (χ4n) is 1.17. The second-order valence-electron chi connectivity index (χ2n) is 2.66. The Hall–Kier alpha value is -1.75. The Morgan fingerprint density at radius 1 is 1.33 bits per heavy atom. The fraction of sp³-hybridized carbons (Fsp3) is 0.111. The maximum absolute atomic E-state index is 5.35. The van der Waals surface area contributed by atoms with Crippen LogP contribution in [0.4, 0.5) is 5.95 Å². The van der Waals surface area contributed by atoms with Crippen molar-refractivity contribution in [2.75, 3.05) is 12.8 Å². The molecule has 0 bridgehead atoms. The minimum Gasteiger partial charge on any atom is -0.496 e. The molecule has 0 amide bonds. The molecular weight excluding hydrogens is 218 g/mol. The van der Waals surface area contributed by atoms with Crippen LogP contribution < -0.4 is 10.5 Å². The molecule has 5 nitrogen and oxygen atoms in total. The first-order chi connectivity index (χ1) is 6.81. The third kappa shape index (κ3) is 2.19. The molecule has 0 radical (unpaired) electrons. The first kappa shape index (κ1) is 11.3. The number of aromatic nitrogens is 2. The van der Waals surface area contributed by atoms with Gasteiger partial charge in [-0.15, -0.1) is 12.4 Å². The lowest BCUT2D eigenvalue weighted by Gasteiger charge is -2.02. The van der Waals surface area contributed by atoms with Crippen LogP contribution in [0.5, 0.6) is 5.75 Å². The van der Waals surface area contributed by atoms with Crippen LogP contribution in [0.15, 0.2) is 28.8 Å². The lowest BCUT2D eigenvalue weighted by molar-refractivity contribution is 0.405. The van der Waals surface area contributed by atoms with E-state index in [0.29, 0.717) is 11.6 Å². The third-order valence-corrected chi connectivity index (χ3v) is 1.78. The normalized spacial score (nSPS) is 9.40. The van der Waals surface area contributed by atoms with Gasteiger partial charge >= 0.3 is 0 Å². The Labute approximate surface area is 92.6 Å². The molecule has 0 aliphatic rings. The van der Waals surface area contributed by atoms with Crippen LogP contribution in [0, 0.1) is 0 Å². The predicted molar refractivity (Wildman–Crippen MR) is 57.9 cm³/mol. The van der Waals surface area contributed by atoms with Crippen molar-refractivity contribution in [2.24, 2.45) is 0 Å². The topological polar surface area (TPSA) is 74.2 Å². The van der Waals surface area contributed by atoms with Gasteiger partial charge < -0.3 is 15.0 Å². The standard InChI is InChI=1S/C9H9N3O2.ClH/c1-13-7-5-3-2-4-6(7)8-11-9(10)12-14-8;/h2-5H,1H3,(H2,10,12);1H. The Bertz CT molecular complexity index is 444. The zero-order valence-corrected chi connectivity index (χ0v) is 8.82. The monoisotopic (exact) mass is 227 g/mol. The van der Waals surface area contributed by atoms with E-state index in [1.54, 1.807) is 7.11 Å². The number of para-hydroxylation sites is 1. The smallest absolute Gasteiger partial charge is 0.263 e. The van der Waals surface area contributed by atoms with E-state index in [2.05, 4.69) is 10.1 Å². The van der Waals surface area contributed by atoms with E-state index in [1.807, 2.05) is 24.3 Å². The Kier molecular flexibility index (Phi) is 3.51. The molecule has 2 N–H and O–H groups in total. The molecule has 2 rings (SSSR count). The molecule has 1 aromatic carbocycles. The molecular formula is C9H10ClN3O2. The Morgan fingerprint density at radius 3 is 2.67 bits per heavy atom. The number of hydrogen-bond acceptors (Lipinski definition) is 5. The van der Waals surface area contributed by atoms with E-state index < -0.39 is 0 Å². The lowest BCUT2D eigenvalue weighted by Crippen LogP contribution is -1.88. The van der Waals surface area contributed by atoms with E-state index in [9.17, 15) is 0 Å². The van der Waals surface area contributed by atoms with Gasteiger partial charge in [0.2, 0.25) is 0 Å². The summed E-state index contributed by atoms with van der Waals surface area (Å²) in [7, 11) is 1.58. The van der Waals surface area contributed by atoms with Crippen LogP contribution in [0.3, 0.4) is 0 Å². The van der Waals surface area contributed by atoms with Gasteiger partial charge in [0.1, 0.15) is 5.75 Å². The highest BCUT2D eigenvalue weighted by Crippen LogP contribution is 2.27. The summed E-state index contributed by atoms with van der Waals surface area (Å²) in [6.45, 7) is 0. The summed E-state index contributed by atoms with van der Waals surface area (Å²) in [4.78, 5) is 3.91. The number of nitrogen functional groups attached to an aromatic ring is 1. The van der Waals surface area contributed by atoms with Gasteiger partial charge in [-0.1, -0.05) is 12.1 Å². The highest BCUT2D eigenvalue weighted by Gasteiger charge is 2.11. The SMILES string of the molecule is COc1ccccc1-c1nc(N)no1.Cl. The predicted octanol–water partition coefficient (Wildman–Crippen LogP) is 1.75. The minimum absolute atomic E-state index is 0. The number of nitrogens with zero attached hydrogens (tertiary/aromatic N) is 2. The molecule has 0 fully saturated rings. The van der Waals surface area contributed by atoms with Gasteiger partial charge in [-0.05, 0) is 17.3 Å².